The summed E-state index contributed by atoms with van der Waals surface area (Å²) in [6.07, 6.45) is 4.82. The van der Waals surface area contributed by atoms with E-state index in [0.29, 0.717) is 6.54 Å². The molecule has 1 aromatic heterocycles. The molecule has 5 heteroatoms. The molecule has 2 N–H and O–H groups in total. The summed E-state index contributed by atoms with van der Waals surface area (Å²) in [6.45, 7) is 5.34. The van der Waals surface area contributed by atoms with Crippen molar-refractivity contribution in [3.8, 4) is 0 Å². The molecule has 0 saturated heterocycles. The molecule has 2 aromatic rings. The van der Waals surface area contributed by atoms with Crippen LogP contribution in [0.1, 0.15) is 26.0 Å². The Bertz CT molecular complexity index is 577. The molecule has 0 fully saturated rings. The number of carbonyl (C=O) groups excluding carboxylic acids is 1. The molecule has 5 nitrogen and oxygen atoms in total. The smallest absolute Gasteiger partial charge is 0.221 e. The summed E-state index contributed by atoms with van der Waals surface area (Å²) in [7, 11) is 0. The fourth-order valence-corrected chi connectivity index (χ4v) is 2.04. The maximum atomic E-state index is 11.0. The highest BCUT2D eigenvalue weighted by molar-refractivity contribution is 5.89. The van der Waals surface area contributed by atoms with Gasteiger partial charge in [-0.15, -0.1) is 0 Å². The third-order valence-electron chi connectivity index (χ3n) is 2.92. The number of imidazole rings is 1. The van der Waals surface area contributed by atoms with Crippen molar-refractivity contribution in [2.75, 3.05) is 10.6 Å². The topological polar surface area (TPSA) is 59.0 Å². The van der Waals surface area contributed by atoms with Crippen LogP contribution >= 0.6 is 0 Å². The molecule has 2 rings (SSSR count). The first-order valence-corrected chi connectivity index (χ1v) is 6.79. The fourth-order valence-electron chi connectivity index (χ4n) is 2.04. The van der Waals surface area contributed by atoms with Crippen molar-refractivity contribution >= 4 is 17.3 Å². The lowest BCUT2D eigenvalue weighted by Crippen LogP contribution is -2.08. The first kappa shape index (κ1) is 14.1. The van der Waals surface area contributed by atoms with Gasteiger partial charge < -0.3 is 15.2 Å². The van der Waals surface area contributed by atoms with Crippen molar-refractivity contribution in [1.29, 1.82) is 0 Å². The van der Waals surface area contributed by atoms with Crippen molar-refractivity contribution in [2.45, 2.75) is 33.4 Å². The van der Waals surface area contributed by atoms with Crippen LogP contribution in [0, 0.1) is 0 Å². The van der Waals surface area contributed by atoms with Crippen molar-refractivity contribution < 1.29 is 4.79 Å². The van der Waals surface area contributed by atoms with Gasteiger partial charge in [-0.2, -0.15) is 0 Å². The number of aromatic nitrogens is 2. The van der Waals surface area contributed by atoms with E-state index >= 15 is 0 Å². The zero-order chi connectivity index (χ0) is 14.4. The van der Waals surface area contributed by atoms with Gasteiger partial charge in [-0.05, 0) is 24.6 Å². The summed E-state index contributed by atoms with van der Waals surface area (Å²) < 4.78 is 2.14. The minimum atomic E-state index is -0.0665. The molecule has 0 spiro atoms. The number of aryl methyl sites for hydroxylation is 1. The molecule has 0 saturated carbocycles. The Labute approximate surface area is 119 Å². The normalized spacial score (nSPS) is 10.3. The minimum absolute atomic E-state index is 0.0665. The average molecular weight is 272 g/mol. The Morgan fingerprint density at radius 1 is 1.35 bits per heavy atom. The van der Waals surface area contributed by atoms with Gasteiger partial charge in [0.2, 0.25) is 5.91 Å². The second-order valence-electron chi connectivity index (χ2n) is 4.69. The van der Waals surface area contributed by atoms with Gasteiger partial charge in [-0.3, -0.25) is 4.79 Å². The molecular weight excluding hydrogens is 252 g/mol. The van der Waals surface area contributed by atoms with Gasteiger partial charge >= 0.3 is 0 Å². The zero-order valence-electron chi connectivity index (χ0n) is 11.9. The van der Waals surface area contributed by atoms with Crippen LogP contribution in [0.3, 0.4) is 0 Å². The van der Waals surface area contributed by atoms with E-state index in [9.17, 15) is 4.79 Å². The molecule has 0 aliphatic heterocycles. The molecule has 1 amide bonds. The predicted molar refractivity (Wildman–Crippen MR) is 80.6 cm³/mol. The van der Waals surface area contributed by atoms with E-state index < -0.39 is 0 Å². The Balaban J connectivity index is 1.99. The van der Waals surface area contributed by atoms with Crippen molar-refractivity contribution in [1.82, 2.24) is 9.55 Å². The number of hydrogen-bond donors (Lipinski definition) is 2. The molecule has 0 atom stereocenters. The van der Waals surface area contributed by atoms with E-state index in [1.165, 1.54) is 6.92 Å². The third-order valence-corrected chi connectivity index (χ3v) is 2.92. The fraction of sp³-hybridized carbons (Fsp3) is 0.333. The van der Waals surface area contributed by atoms with Crippen molar-refractivity contribution in [2.24, 2.45) is 0 Å². The molecule has 106 valence electrons. The van der Waals surface area contributed by atoms with Gasteiger partial charge in [0.05, 0.1) is 18.6 Å². The second kappa shape index (κ2) is 6.75. The molecule has 0 radical (unpaired) electrons. The van der Waals surface area contributed by atoms with Gasteiger partial charge in [0.15, 0.2) is 0 Å². The quantitative estimate of drug-likeness (QED) is 0.850. The molecule has 0 aliphatic rings. The highest BCUT2D eigenvalue weighted by atomic mass is 16.1. The van der Waals surface area contributed by atoms with Crippen LogP contribution < -0.4 is 10.6 Å². The Kier molecular flexibility index (Phi) is 4.76. The Morgan fingerprint density at radius 2 is 2.15 bits per heavy atom. The molecule has 0 unspecified atom stereocenters. The van der Waals surface area contributed by atoms with E-state index in [1.54, 1.807) is 0 Å². The number of hydrogen-bond acceptors (Lipinski definition) is 3. The van der Waals surface area contributed by atoms with Crippen LogP contribution in [-0.4, -0.2) is 15.5 Å². The summed E-state index contributed by atoms with van der Waals surface area (Å²) >= 11 is 0. The summed E-state index contributed by atoms with van der Waals surface area (Å²) in [5, 5.41) is 6.12. The van der Waals surface area contributed by atoms with Gasteiger partial charge in [-0.25, -0.2) is 4.98 Å². The monoisotopic (exact) mass is 272 g/mol. The number of benzene rings is 1. The number of nitrogens with zero attached hydrogens (tertiary/aromatic N) is 2. The number of anilines is 2. The van der Waals surface area contributed by atoms with Crippen LogP contribution in [0.2, 0.25) is 0 Å². The third kappa shape index (κ3) is 3.85. The Hall–Kier alpha value is -2.30. The van der Waals surface area contributed by atoms with Gasteiger partial charge in [0, 0.05) is 31.0 Å². The van der Waals surface area contributed by atoms with Crippen LogP contribution in [0.15, 0.2) is 36.8 Å². The lowest BCUT2D eigenvalue weighted by Gasteiger charge is -2.10. The van der Waals surface area contributed by atoms with Crippen molar-refractivity contribution in [3.05, 3.63) is 42.5 Å². The number of carbonyl (C=O) groups is 1. The van der Waals surface area contributed by atoms with E-state index in [4.69, 9.17) is 0 Å². The molecule has 20 heavy (non-hydrogen) atoms. The summed E-state index contributed by atoms with van der Waals surface area (Å²) in [6, 6.07) is 7.68. The average Bonchev–Trinajstić information content (AvgIpc) is 2.84. The lowest BCUT2D eigenvalue weighted by atomic mass is 10.2. The van der Waals surface area contributed by atoms with Gasteiger partial charge in [-0.1, -0.05) is 13.0 Å². The SMILES string of the molecule is CCCn1cncc1CNc1cccc(NC(C)=O)c1. The van der Waals surface area contributed by atoms with E-state index in [1.807, 2.05) is 36.8 Å². The maximum absolute atomic E-state index is 11.0. The van der Waals surface area contributed by atoms with Crippen molar-refractivity contribution in [3.63, 3.8) is 0 Å². The van der Waals surface area contributed by atoms with Crippen LogP contribution in [0.4, 0.5) is 11.4 Å². The molecule has 1 heterocycles. The number of nitrogens with one attached hydrogen (secondary N) is 2. The largest absolute Gasteiger partial charge is 0.379 e. The highest BCUT2D eigenvalue weighted by Crippen LogP contribution is 2.16. The highest BCUT2D eigenvalue weighted by Gasteiger charge is 2.02. The minimum Gasteiger partial charge on any atom is -0.379 e. The maximum Gasteiger partial charge on any atom is 0.221 e. The van der Waals surface area contributed by atoms with Gasteiger partial charge in [0.1, 0.15) is 0 Å². The van der Waals surface area contributed by atoms with E-state index in [-0.39, 0.29) is 5.91 Å². The molecule has 1 aromatic carbocycles. The number of amides is 1. The first-order chi connectivity index (χ1) is 9.69. The first-order valence-electron chi connectivity index (χ1n) is 6.79. The summed E-state index contributed by atoms with van der Waals surface area (Å²) in [5.74, 6) is -0.0665. The van der Waals surface area contributed by atoms with Crippen LogP contribution in [0.25, 0.3) is 0 Å². The molecule has 0 bridgehead atoms. The molecule has 0 aliphatic carbocycles. The van der Waals surface area contributed by atoms with E-state index in [2.05, 4.69) is 27.1 Å². The zero-order valence-corrected chi connectivity index (χ0v) is 11.9. The summed E-state index contributed by atoms with van der Waals surface area (Å²) in [4.78, 5) is 15.2. The molecular formula is C15H20N4O. The van der Waals surface area contributed by atoms with Crippen LogP contribution in [0.5, 0.6) is 0 Å². The lowest BCUT2D eigenvalue weighted by molar-refractivity contribution is -0.114. The predicted octanol–water partition coefficient (Wildman–Crippen LogP) is 2.86. The standard InChI is InChI=1S/C15H20N4O/c1-3-7-19-11-16-9-15(19)10-17-13-5-4-6-14(8-13)18-12(2)20/h4-6,8-9,11,17H,3,7,10H2,1-2H3,(H,18,20). The van der Waals surface area contributed by atoms with Gasteiger partial charge in [0.25, 0.3) is 0 Å². The van der Waals surface area contributed by atoms with E-state index in [0.717, 1.165) is 30.0 Å². The second-order valence-corrected chi connectivity index (χ2v) is 4.69. The number of rotatable bonds is 6. The van der Waals surface area contributed by atoms with Crippen LogP contribution in [-0.2, 0) is 17.9 Å². The summed E-state index contributed by atoms with van der Waals surface area (Å²) in [5.41, 5.74) is 2.92. The Morgan fingerprint density at radius 3 is 2.90 bits per heavy atom.